The van der Waals surface area contributed by atoms with Crippen LogP contribution in [0.25, 0.3) is 5.69 Å². The second-order valence-electron chi connectivity index (χ2n) is 6.00. The first-order valence-electron chi connectivity index (χ1n) is 8.00. The van der Waals surface area contributed by atoms with Crippen molar-refractivity contribution in [2.45, 2.75) is 25.7 Å². The second-order valence-corrected chi connectivity index (χ2v) is 6.00. The molecule has 0 fully saturated rings. The van der Waals surface area contributed by atoms with Gasteiger partial charge in [-0.2, -0.15) is 31.4 Å². The van der Waals surface area contributed by atoms with Gasteiger partial charge in [-0.25, -0.2) is 4.68 Å². The molecule has 0 spiro atoms. The van der Waals surface area contributed by atoms with E-state index in [0.717, 1.165) is 12.1 Å². The molecular formula is C17H12F6N4O2. The summed E-state index contributed by atoms with van der Waals surface area (Å²) in [4.78, 5) is 12.0. The largest absolute Gasteiger partial charge is 0.435 e. The molecule has 12 heteroatoms. The number of aromatic nitrogens is 3. The number of benzene rings is 1. The van der Waals surface area contributed by atoms with Crippen LogP contribution in [-0.4, -0.2) is 20.8 Å². The minimum atomic E-state index is -5.04. The van der Waals surface area contributed by atoms with E-state index in [1.165, 1.54) is 18.3 Å². The number of carbonyl (C=O) groups is 1. The number of rotatable bonds is 4. The maximum absolute atomic E-state index is 13.1. The van der Waals surface area contributed by atoms with Gasteiger partial charge in [-0.15, -0.1) is 0 Å². The Balaban J connectivity index is 1.82. The van der Waals surface area contributed by atoms with E-state index in [1.54, 1.807) is 6.92 Å². The van der Waals surface area contributed by atoms with Gasteiger partial charge in [0.2, 0.25) is 5.91 Å². The fraction of sp³-hybridized carbons (Fsp3) is 0.235. The monoisotopic (exact) mass is 418 g/mol. The summed E-state index contributed by atoms with van der Waals surface area (Å²) in [5.41, 5.74) is -2.67. The molecule has 0 aliphatic heterocycles. The number of nitrogens with one attached hydrogen (secondary N) is 1. The van der Waals surface area contributed by atoms with Crippen molar-refractivity contribution in [3.8, 4) is 5.69 Å². The van der Waals surface area contributed by atoms with Gasteiger partial charge in [0.25, 0.3) is 0 Å². The van der Waals surface area contributed by atoms with E-state index < -0.39 is 29.6 Å². The Morgan fingerprint density at radius 1 is 1.10 bits per heavy atom. The van der Waals surface area contributed by atoms with Crippen LogP contribution in [0.15, 0.2) is 41.1 Å². The Bertz CT molecular complexity index is 1020. The molecule has 154 valence electrons. The van der Waals surface area contributed by atoms with Crippen molar-refractivity contribution in [2.24, 2.45) is 0 Å². The molecule has 0 atom stereocenters. The molecule has 1 N–H and O–H groups in total. The lowest BCUT2D eigenvalue weighted by atomic mass is 10.2. The maximum atomic E-state index is 13.1. The minimum absolute atomic E-state index is 0.0383. The summed E-state index contributed by atoms with van der Waals surface area (Å²) in [7, 11) is 0. The molecule has 0 aliphatic carbocycles. The van der Waals surface area contributed by atoms with Gasteiger partial charge >= 0.3 is 12.4 Å². The number of aryl methyl sites for hydroxylation is 1. The summed E-state index contributed by atoms with van der Waals surface area (Å²) < 4.78 is 82.6. The van der Waals surface area contributed by atoms with Crippen LogP contribution in [0.1, 0.15) is 22.7 Å². The van der Waals surface area contributed by atoms with Crippen molar-refractivity contribution in [3.63, 3.8) is 0 Å². The zero-order valence-corrected chi connectivity index (χ0v) is 14.6. The molecule has 0 aliphatic rings. The van der Waals surface area contributed by atoms with Crippen LogP contribution in [0.2, 0.25) is 0 Å². The Hall–Kier alpha value is -3.31. The van der Waals surface area contributed by atoms with E-state index >= 15 is 0 Å². The van der Waals surface area contributed by atoms with Gasteiger partial charge in [0.05, 0.1) is 18.3 Å². The van der Waals surface area contributed by atoms with E-state index in [-0.39, 0.29) is 28.5 Å². The number of hydrogen-bond acceptors (Lipinski definition) is 4. The summed E-state index contributed by atoms with van der Waals surface area (Å²) >= 11 is 0. The molecule has 1 amide bonds. The van der Waals surface area contributed by atoms with E-state index in [4.69, 9.17) is 4.52 Å². The van der Waals surface area contributed by atoms with Crippen LogP contribution in [0.3, 0.4) is 0 Å². The first-order chi connectivity index (χ1) is 13.4. The van der Waals surface area contributed by atoms with Crippen LogP contribution in [0.5, 0.6) is 0 Å². The Morgan fingerprint density at radius 2 is 1.76 bits per heavy atom. The van der Waals surface area contributed by atoms with Crippen molar-refractivity contribution < 1.29 is 35.7 Å². The molecule has 0 bridgehead atoms. The normalized spacial score (nSPS) is 12.2. The van der Waals surface area contributed by atoms with Crippen molar-refractivity contribution in [1.29, 1.82) is 0 Å². The highest BCUT2D eigenvalue weighted by Crippen LogP contribution is 2.36. The standard InChI is InChI=1S/C17H12F6N4O2/c1-9-10(8-24-29-9)6-15(28)25-11-2-4-12(5-3-11)27-14(17(21,22)23)7-13(26-27)16(18,19)20/h2-5,7-8H,6H2,1H3,(H,25,28). The average Bonchev–Trinajstić information content (AvgIpc) is 3.22. The van der Waals surface area contributed by atoms with Gasteiger partial charge in [0.1, 0.15) is 11.5 Å². The van der Waals surface area contributed by atoms with E-state index in [1.807, 2.05) is 0 Å². The molecule has 2 aromatic heterocycles. The molecule has 1 aromatic carbocycles. The molecular weight excluding hydrogens is 406 g/mol. The summed E-state index contributed by atoms with van der Waals surface area (Å²) in [5.74, 6) is 0.0350. The van der Waals surface area contributed by atoms with Crippen molar-refractivity contribution in [1.82, 2.24) is 14.9 Å². The zero-order valence-electron chi connectivity index (χ0n) is 14.6. The number of nitrogens with zero attached hydrogens (tertiary/aromatic N) is 3. The molecule has 3 rings (SSSR count). The van der Waals surface area contributed by atoms with Gasteiger partial charge < -0.3 is 9.84 Å². The summed E-state index contributed by atoms with van der Waals surface area (Å²) in [6.45, 7) is 1.63. The van der Waals surface area contributed by atoms with Crippen LogP contribution in [0.4, 0.5) is 32.0 Å². The SMILES string of the molecule is Cc1oncc1CC(=O)Nc1ccc(-n2nc(C(F)(F)F)cc2C(F)(F)F)cc1. The molecule has 3 aromatic rings. The van der Waals surface area contributed by atoms with Crippen LogP contribution in [0, 0.1) is 6.92 Å². The van der Waals surface area contributed by atoms with Gasteiger partial charge in [0.15, 0.2) is 5.69 Å². The van der Waals surface area contributed by atoms with Crippen molar-refractivity contribution in [3.05, 3.63) is 59.2 Å². The fourth-order valence-electron chi connectivity index (χ4n) is 2.47. The molecule has 2 heterocycles. The van der Waals surface area contributed by atoms with E-state index in [9.17, 15) is 31.1 Å². The Morgan fingerprint density at radius 3 is 2.28 bits per heavy atom. The predicted molar refractivity (Wildman–Crippen MR) is 87.1 cm³/mol. The number of anilines is 1. The smallest absolute Gasteiger partial charge is 0.361 e. The summed E-state index contributed by atoms with van der Waals surface area (Å²) in [6.07, 6.45) is -8.73. The third-order valence-electron chi connectivity index (χ3n) is 3.89. The fourth-order valence-corrected chi connectivity index (χ4v) is 2.47. The topological polar surface area (TPSA) is 73.0 Å². The van der Waals surface area contributed by atoms with E-state index in [0.29, 0.717) is 11.3 Å². The molecule has 0 radical (unpaired) electrons. The first kappa shape index (κ1) is 20.4. The van der Waals surface area contributed by atoms with Gasteiger partial charge in [0, 0.05) is 17.3 Å². The highest BCUT2D eigenvalue weighted by Gasteiger charge is 2.42. The lowest BCUT2D eigenvalue weighted by molar-refractivity contribution is -0.143. The predicted octanol–water partition coefficient (Wildman–Crippen LogP) is 4.39. The van der Waals surface area contributed by atoms with Crippen molar-refractivity contribution >= 4 is 11.6 Å². The van der Waals surface area contributed by atoms with Gasteiger partial charge in [-0.3, -0.25) is 4.79 Å². The summed E-state index contributed by atoms with van der Waals surface area (Å²) in [6, 6.07) is 4.67. The molecule has 0 saturated carbocycles. The quantitative estimate of drug-likeness (QED) is 0.638. The molecule has 0 unspecified atom stereocenters. The third kappa shape index (κ3) is 4.58. The Labute approximate surface area is 159 Å². The number of halogens is 6. The third-order valence-corrected chi connectivity index (χ3v) is 3.89. The van der Waals surface area contributed by atoms with Crippen LogP contribution in [-0.2, 0) is 23.6 Å². The first-order valence-corrected chi connectivity index (χ1v) is 8.00. The van der Waals surface area contributed by atoms with Gasteiger partial charge in [-0.1, -0.05) is 5.16 Å². The lowest BCUT2D eigenvalue weighted by Gasteiger charge is -2.11. The molecule has 29 heavy (non-hydrogen) atoms. The lowest BCUT2D eigenvalue weighted by Crippen LogP contribution is -2.15. The molecule has 6 nitrogen and oxygen atoms in total. The number of carbonyl (C=O) groups excluding carboxylic acids is 1. The second kappa shape index (κ2) is 7.26. The highest BCUT2D eigenvalue weighted by atomic mass is 19.4. The van der Waals surface area contributed by atoms with Crippen LogP contribution < -0.4 is 5.32 Å². The summed E-state index contributed by atoms with van der Waals surface area (Å²) in [5, 5.41) is 9.09. The Kier molecular flexibility index (Phi) is 5.11. The molecule has 0 saturated heterocycles. The number of amides is 1. The maximum Gasteiger partial charge on any atom is 0.435 e. The minimum Gasteiger partial charge on any atom is -0.361 e. The van der Waals surface area contributed by atoms with Crippen LogP contribution >= 0.6 is 0 Å². The highest BCUT2D eigenvalue weighted by molar-refractivity contribution is 5.92. The average molecular weight is 418 g/mol. The number of hydrogen-bond donors (Lipinski definition) is 1. The van der Waals surface area contributed by atoms with Gasteiger partial charge in [-0.05, 0) is 31.2 Å². The zero-order chi connectivity index (χ0) is 21.4. The van der Waals surface area contributed by atoms with E-state index in [2.05, 4.69) is 15.6 Å². The van der Waals surface area contributed by atoms with Crippen molar-refractivity contribution in [2.75, 3.05) is 5.32 Å². The number of alkyl halides is 6.